The second-order valence-electron chi connectivity index (χ2n) is 6.42. The molecule has 1 aromatic heterocycles. The quantitative estimate of drug-likeness (QED) is 0.722. The molecule has 132 valence electrons. The normalized spacial score (nSPS) is 16.8. The van der Waals surface area contributed by atoms with Crippen molar-refractivity contribution >= 4 is 5.91 Å². The van der Waals surface area contributed by atoms with Crippen LogP contribution in [0.1, 0.15) is 23.8 Å². The summed E-state index contributed by atoms with van der Waals surface area (Å²) in [6.45, 7) is 1.13. The second-order valence-corrected chi connectivity index (χ2v) is 6.42. The predicted octanol–water partition coefficient (Wildman–Crippen LogP) is 3.43. The van der Waals surface area contributed by atoms with Gasteiger partial charge in [0, 0.05) is 18.7 Å². The van der Waals surface area contributed by atoms with E-state index in [1.54, 1.807) is 23.1 Å². The molecule has 2 aromatic carbocycles. The van der Waals surface area contributed by atoms with E-state index in [9.17, 15) is 9.18 Å². The van der Waals surface area contributed by atoms with Gasteiger partial charge in [-0.05, 0) is 18.1 Å². The molecular formula is C20H18FN3O2. The lowest BCUT2D eigenvalue weighted by atomic mass is 10.1. The average molecular weight is 351 g/mol. The highest BCUT2D eigenvalue weighted by atomic mass is 19.1. The fraction of sp³-hybridized carbons (Fsp3) is 0.250. The molecule has 0 unspecified atom stereocenters. The molecule has 1 aliphatic heterocycles. The lowest BCUT2D eigenvalue weighted by molar-refractivity contribution is -0.129. The van der Waals surface area contributed by atoms with Crippen molar-refractivity contribution in [1.82, 2.24) is 15.0 Å². The van der Waals surface area contributed by atoms with Crippen LogP contribution in [0.25, 0.3) is 11.4 Å². The van der Waals surface area contributed by atoms with Gasteiger partial charge in [0.1, 0.15) is 5.82 Å². The fourth-order valence-electron chi connectivity index (χ4n) is 3.21. The van der Waals surface area contributed by atoms with Gasteiger partial charge in [0.2, 0.25) is 17.6 Å². The SMILES string of the molecule is O=C(Cc1ccccc1F)N1CC[C@@H](c2nc(-c3ccccc3)no2)C1. The van der Waals surface area contributed by atoms with E-state index in [0.717, 1.165) is 12.0 Å². The molecule has 6 heteroatoms. The van der Waals surface area contributed by atoms with E-state index < -0.39 is 0 Å². The molecule has 26 heavy (non-hydrogen) atoms. The maximum atomic E-state index is 13.7. The van der Waals surface area contributed by atoms with Crippen LogP contribution in [0.2, 0.25) is 0 Å². The minimum absolute atomic E-state index is 0.0181. The number of hydrogen-bond donors (Lipinski definition) is 0. The topological polar surface area (TPSA) is 59.2 Å². The van der Waals surface area contributed by atoms with Crippen LogP contribution in [0, 0.1) is 5.82 Å². The van der Waals surface area contributed by atoms with Gasteiger partial charge in [-0.15, -0.1) is 0 Å². The molecule has 3 aromatic rings. The van der Waals surface area contributed by atoms with E-state index in [2.05, 4.69) is 10.1 Å². The molecule has 2 heterocycles. The lowest BCUT2D eigenvalue weighted by Crippen LogP contribution is -2.30. The Morgan fingerprint density at radius 1 is 1.15 bits per heavy atom. The van der Waals surface area contributed by atoms with E-state index >= 15 is 0 Å². The molecular weight excluding hydrogens is 333 g/mol. The number of likely N-dealkylation sites (tertiary alicyclic amines) is 1. The van der Waals surface area contributed by atoms with Gasteiger partial charge in [0.25, 0.3) is 0 Å². The zero-order valence-corrected chi connectivity index (χ0v) is 14.1. The Kier molecular flexibility index (Phi) is 4.48. The Labute approximate surface area is 150 Å². The molecule has 1 aliphatic rings. The number of halogens is 1. The van der Waals surface area contributed by atoms with Crippen molar-refractivity contribution in [3.8, 4) is 11.4 Å². The van der Waals surface area contributed by atoms with E-state index in [0.29, 0.717) is 30.4 Å². The zero-order valence-electron chi connectivity index (χ0n) is 14.1. The molecule has 0 N–H and O–H groups in total. The van der Waals surface area contributed by atoms with Gasteiger partial charge in [-0.25, -0.2) is 4.39 Å². The highest BCUT2D eigenvalue weighted by molar-refractivity contribution is 5.79. The van der Waals surface area contributed by atoms with Gasteiger partial charge in [-0.2, -0.15) is 4.98 Å². The third-order valence-corrected chi connectivity index (χ3v) is 4.66. The zero-order chi connectivity index (χ0) is 17.9. The summed E-state index contributed by atoms with van der Waals surface area (Å²) in [5.74, 6) is 0.688. The first-order chi connectivity index (χ1) is 12.7. The molecule has 0 spiro atoms. The largest absolute Gasteiger partial charge is 0.342 e. The van der Waals surface area contributed by atoms with Gasteiger partial charge >= 0.3 is 0 Å². The maximum Gasteiger partial charge on any atom is 0.231 e. The van der Waals surface area contributed by atoms with Crippen molar-refractivity contribution in [2.75, 3.05) is 13.1 Å². The maximum absolute atomic E-state index is 13.7. The third kappa shape index (κ3) is 3.35. The Morgan fingerprint density at radius 3 is 2.73 bits per heavy atom. The molecule has 0 radical (unpaired) electrons. The summed E-state index contributed by atoms with van der Waals surface area (Å²) in [7, 11) is 0. The number of hydrogen-bond acceptors (Lipinski definition) is 4. The highest BCUT2D eigenvalue weighted by Crippen LogP contribution is 2.28. The predicted molar refractivity (Wildman–Crippen MR) is 93.8 cm³/mol. The van der Waals surface area contributed by atoms with Crippen LogP contribution in [-0.2, 0) is 11.2 Å². The number of rotatable bonds is 4. The van der Waals surface area contributed by atoms with E-state index in [1.165, 1.54) is 6.07 Å². The third-order valence-electron chi connectivity index (χ3n) is 4.66. The molecule has 4 rings (SSSR count). The van der Waals surface area contributed by atoms with Crippen molar-refractivity contribution in [1.29, 1.82) is 0 Å². The van der Waals surface area contributed by atoms with E-state index in [1.807, 2.05) is 30.3 Å². The highest BCUT2D eigenvalue weighted by Gasteiger charge is 2.31. The Hall–Kier alpha value is -3.02. The average Bonchev–Trinajstić information content (AvgIpc) is 3.34. The Balaban J connectivity index is 1.42. The van der Waals surface area contributed by atoms with Crippen LogP contribution >= 0.6 is 0 Å². The molecule has 1 amide bonds. The Morgan fingerprint density at radius 2 is 1.92 bits per heavy atom. The summed E-state index contributed by atoms with van der Waals surface area (Å²) in [4.78, 5) is 18.7. The summed E-state index contributed by atoms with van der Waals surface area (Å²) in [5.41, 5.74) is 1.32. The van der Waals surface area contributed by atoms with Crippen LogP contribution in [0.3, 0.4) is 0 Å². The number of benzene rings is 2. The van der Waals surface area contributed by atoms with Crippen molar-refractivity contribution < 1.29 is 13.7 Å². The van der Waals surface area contributed by atoms with E-state index in [-0.39, 0.29) is 24.1 Å². The van der Waals surface area contributed by atoms with Crippen molar-refractivity contribution in [2.45, 2.75) is 18.8 Å². The minimum atomic E-state index is -0.346. The summed E-state index contributed by atoms with van der Waals surface area (Å²) >= 11 is 0. The minimum Gasteiger partial charge on any atom is -0.342 e. The van der Waals surface area contributed by atoms with Crippen LogP contribution in [0.5, 0.6) is 0 Å². The second kappa shape index (κ2) is 7.07. The summed E-state index contributed by atoms with van der Waals surface area (Å²) in [6, 6.07) is 16.0. The number of nitrogens with zero attached hydrogens (tertiary/aromatic N) is 3. The monoisotopic (exact) mass is 351 g/mol. The molecule has 0 saturated carbocycles. The Bertz CT molecular complexity index is 910. The van der Waals surface area contributed by atoms with Gasteiger partial charge in [-0.3, -0.25) is 4.79 Å². The summed E-state index contributed by atoms with van der Waals surface area (Å²) in [6.07, 6.45) is 0.831. The van der Waals surface area contributed by atoms with Crippen LogP contribution in [0.4, 0.5) is 4.39 Å². The van der Waals surface area contributed by atoms with Gasteiger partial charge in [0.15, 0.2) is 0 Å². The number of amides is 1. The molecule has 1 fully saturated rings. The van der Waals surface area contributed by atoms with Gasteiger partial charge in [0.05, 0.1) is 12.3 Å². The standard InChI is InChI=1S/C20H18FN3O2/c21-17-9-5-4-8-15(17)12-18(25)24-11-10-16(13-24)20-22-19(23-26-20)14-6-2-1-3-7-14/h1-9,16H,10-13H2/t16-/m1/s1. The summed E-state index contributed by atoms with van der Waals surface area (Å²) < 4.78 is 19.1. The first-order valence-electron chi connectivity index (χ1n) is 8.61. The van der Waals surface area contributed by atoms with Crippen molar-refractivity contribution in [3.05, 3.63) is 71.9 Å². The first kappa shape index (κ1) is 16.4. The number of carbonyl (C=O) groups excluding carboxylic acids is 1. The van der Waals surface area contributed by atoms with Gasteiger partial charge < -0.3 is 9.42 Å². The smallest absolute Gasteiger partial charge is 0.231 e. The van der Waals surface area contributed by atoms with Crippen molar-refractivity contribution in [3.63, 3.8) is 0 Å². The van der Waals surface area contributed by atoms with E-state index in [4.69, 9.17) is 4.52 Å². The molecule has 1 atom stereocenters. The number of carbonyl (C=O) groups is 1. The van der Waals surface area contributed by atoms with Crippen LogP contribution in [0.15, 0.2) is 59.1 Å². The van der Waals surface area contributed by atoms with Crippen LogP contribution in [-0.4, -0.2) is 34.0 Å². The van der Waals surface area contributed by atoms with Crippen LogP contribution < -0.4 is 0 Å². The molecule has 0 bridgehead atoms. The molecule has 1 saturated heterocycles. The van der Waals surface area contributed by atoms with Gasteiger partial charge in [-0.1, -0.05) is 53.7 Å². The number of aromatic nitrogens is 2. The first-order valence-corrected chi connectivity index (χ1v) is 8.61. The lowest BCUT2D eigenvalue weighted by Gasteiger charge is -2.16. The summed E-state index contributed by atoms with van der Waals surface area (Å²) in [5, 5.41) is 4.04. The molecule has 0 aliphatic carbocycles. The van der Waals surface area contributed by atoms with Crippen molar-refractivity contribution in [2.24, 2.45) is 0 Å². The fourth-order valence-corrected chi connectivity index (χ4v) is 3.21. The molecule has 5 nitrogen and oxygen atoms in total.